The molecular formula is C22H16N6O4S2. The van der Waals surface area contributed by atoms with Gasteiger partial charge in [0.2, 0.25) is 5.79 Å². The van der Waals surface area contributed by atoms with E-state index in [9.17, 15) is 20.2 Å². The monoisotopic (exact) mass is 492 g/mol. The SMILES string of the molecule is O=[N+]([O-])c1ccc(N2Cc3cccc(c3)C3(NC2=S)NC(=S)N3c2ccc([N+](=O)[O-])cc2)cc1. The molecule has 5 rings (SSSR count). The minimum Gasteiger partial charge on any atom is -0.318 e. The molecular weight excluding hydrogens is 476 g/mol. The lowest BCUT2D eigenvalue weighted by atomic mass is 9.97. The van der Waals surface area contributed by atoms with Crippen LogP contribution in [0.2, 0.25) is 0 Å². The van der Waals surface area contributed by atoms with E-state index < -0.39 is 15.6 Å². The Morgan fingerprint density at radius 2 is 1.35 bits per heavy atom. The summed E-state index contributed by atoms with van der Waals surface area (Å²) < 4.78 is 0. The summed E-state index contributed by atoms with van der Waals surface area (Å²) >= 11 is 11.3. The van der Waals surface area contributed by atoms with Crippen molar-refractivity contribution in [3.8, 4) is 0 Å². The van der Waals surface area contributed by atoms with Crippen LogP contribution in [0.25, 0.3) is 0 Å². The molecule has 10 nitrogen and oxygen atoms in total. The number of non-ortho nitro benzene ring substituents is 2. The van der Waals surface area contributed by atoms with E-state index in [1.54, 1.807) is 24.3 Å². The van der Waals surface area contributed by atoms with E-state index in [0.717, 1.165) is 11.1 Å². The smallest absolute Gasteiger partial charge is 0.269 e. The van der Waals surface area contributed by atoms with E-state index in [0.29, 0.717) is 28.1 Å². The van der Waals surface area contributed by atoms with Crippen LogP contribution in [-0.2, 0) is 12.3 Å². The molecule has 0 radical (unpaired) electrons. The van der Waals surface area contributed by atoms with Crippen molar-refractivity contribution in [2.24, 2.45) is 0 Å². The predicted octanol–water partition coefficient (Wildman–Crippen LogP) is 3.90. The standard InChI is InChI=1S/C22H16N6O4S2/c29-27(30)18-8-4-16(5-9-18)25-13-14-2-1-3-15(12-14)22(23-20(25)33)24-21(34)26(22)17-6-10-19(11-7-17)28(31)32/h1-12H,13H2,(H,23,33)(H,24,34). The van der Waals surface area contributed by atoms with Crippen molar-refractivity contribution in [3.63, 3.8) is 0 Å². The van der Waals surface area contributed by atoms with Crippen LogP contribution < -0.4 is 20.4 Å². The summed E-state index contributed by atoms with van der Waals surface area (Å²) in [4.78, 5) is 24.9. The molecule has 0 amide bonds. The Hall–Kier alpha value is -4.16. The van der Waals surface area contributed by atoms with E-state index in [2.05, 4.69) is 10.6 Å². The minimum absolute atomic E-state index is 0.0107. The number of nitrogens with one attached hydrogen (secondary N) is 2. The largest absolute Gasteiger partial charge is 0.318 e. The summed E-state index contributed by atoms with van der Waals surface area (Å²) in [5, 5.41) is 29.6. The fourth-order valence-electron chi connectivity index (χ4n) is 4.10. The summed E-state index contributed by atoms with van der Waals surface area (Å²) in [7, 11) is 0. The Bertz CT molecular complexity index is 1350. The maximum Gasteiger partial charge on any atom is 0.269 e. The molecule has 170 valence electrons. The number of rotatable bonds is 4. The number of anilines is 2. The quantitative estimate of drug-likeness (QED) is 0.315. The maximum atomic E-state index is 11.1. The Kier molecular flexibility index (Phi) is 5.10. The second-order valence-corrected chi connectivity index (χ2v) is 8.51. The maximum absolute atomic E-state index is 11.1. The first-order valence-corrected chi connectivity index (χ1v) is 10.9. The highest BCUT2D eigenvalue weighted by molar-refractivity contribution is 7.81. The predicted molar refractivity (Wildman–Crippen MR) is 134 cm³/mol. The molecule has 2 heterocycles. The van der Waals surface area contributed by atoms with Crippen molar-refractivity contribution in [1.82, 2.24) is 10.6 Å². The normalized spacial score (nSPS) is 18.9. The Morgan fingerprint density at radius 3 is 1.91 bits per heavy atom. The van der Waals surface area contributed by atoms with Crippen molar-refractivity contribution in [3.05, 3.63) is 104 Å². The van der Waals surface area contributed by atoms with Gasteiger partial charge in [-0.15, -0.1) is 0 Å². The Morgan fingerprint density at radius 1 is 0.794 bits per heavy atom. The van der Waals surface area contributed by atoms with Crippen LogP contribution >= 0.6 is 24.4 Å². The van der Waals surface area contributed by atoms with Crippen LogP contribution in [0.4, 0.5) is 22.7 Å². The first-order chi connectivity index (χ1) is 16.3. The third kappa shape index (κ3) is 3.49. The van der Waals surface area contributed by atoms with Crippen LogP contribution in [0.5, 0.6) is 0 Å². The first kappa shape index (κ1) is 21.7. The topological polar surface area (TPSA) is 117 Å². The molecule has 2 aliphatic heterocycles. The van der Waals surface area contributed by atoms with Gasteiger partial charge in [0.05, 0.1) is 16.4 Å². The minimum atomic E-state index is -1.01. The molecule has 0 saturated carbocycles. The van der Waals surface area contributed by atoms with Crippen LogP contribution in [-0.4, -0.2) is 20.1 Å². The molecule has 1 atom stereocenters. The summed E-state index contributed by atoms with van der Waals surface area (Å²) in [5.74, 6) is -1.01. The molecule has 1 unspecified atom stereocenters. The van der Waals surface area contributed by atoms with E-state index >= 15 is 0 Å². The molecule has 1 saturated heterocycles. The molecule has 0 aliphatic carbocycles. The van der Waals surface area contributed by atoms with Crippen molar-refractivity contribution < 1.29 is 9.85 Å². The molecule has 2 aliphatic rings. The van der Waals surface area contributed by atoms with Crippen LogP contribution in [0, 0.1) is 20.2 Å². The van der Waals surface area contributed by atoms with Gasteiger partial charge in [0.1, 0.15) is 0 Å². The number of benzene rings is 3. The Labute approximate surface area is 204 Å². The number of nitro groups is 2. The van der Waals surface area contributed by atoms with Gasteiger partial charge in [0, 0.05) is 41.2 Å². The number of fused-ring (bicyclic) bond motifs is 3. The molecule has 1 spiro atoms. The lowest BCUT2D eigenvalue weighted by Crippen LogP contribution is -2.81. The van der Waals surface area contributed by atoms with Gasteiger partial charge in [-0.1, -0.05) is 18.2 Å². The highest BCUT2D eigenvalue weighted by atomic mass is 32.1. The van der Waals surface area contributed by atoms with Gasteiger partial charge < -0.3 is 15.5 Å². The molecule has 0 aromatic heterocycles. The number of hydrogen-bond acceptors (Lipinski definition) is 6. The number of nitrogens with zero attached hydrogens (tertiary/aromatic N) is 4. The first-order valence-electron chi connectivity index (χ1n) is 10.1. The van der Waals surface area contributed by atoms with Gasteiger partial charge in [0.15, 0.2) is 10.2 Å². The zero-order valence-corrected chi connectivity index (χ0v) is 19.0. The third-order valence-electron chi connectivity index (χ3n) is 5.74. The zero-order chi connectivity index (χ0) is 24.0. The molecule has 1 fully saturated rings. The van der Waals surface area contributed by atoms with Crippen molar-refractivity contribution >= 4 is 57.4 Å². The average molecular weight is 493 g/mol. The van der Waals surface area contributed by atoms with Gasteiger partial charge in [0.25, 0.3) is 11.4 Å². The lowest BCUT2D eigenvalue weighted by molar-refractivity contribution is -0.385. The fraction of sp³-hybridized carbons (Fsp3) is 0.0909. The van der Waals surface area contributed by atoms with E-state index in [-0.39, 0.29) is 11.4 Å². The van der Waals surface area contributed by atoms with E-state index in [1.165, 1.54) is 24.3 Å². The zero-order valence-electron chi connectivity index (χ0n) is 17.4. The average Bonchev–Trinajstić information content (AvgIpc) is 2.81. The Balaban J connectivity index is 1.55. The van der Waals surface area contributed by atoms with Crippen LogP contribution in [0.15, 0.2) is 72.8 Å². The summed E-state index contributed by atoms with van der Waals surface area (Å²) in [6, 6.07) is 20.1. The van der Waals surface area contributed by atoms with Gasteiger partial charge in [-0.2, -0.15) is 0 Å². The summed E-state index contributed by atoms with van der Waals surface area (Å²) in [6.07, 6.45) is 0. The van der Waals surface area contributed by atoms with Crippen molar-refractivity contribution in [2.75, 3.05) is 9.80 Å². The lowest BCUT2D eigenvalue weighted by Gasteiger charge is -2.56. The fourth-order valence-corrected chi connectivity index (χ4v) is 4.80. The van der Waals surface area contributed by atoms with Gasteiger partial charge in [-0.3, -0.25) is 25.1 Å². The van der Waals surface area contributed by atoms with Gasteiger partial charge in [-0.05, 0) is 60.3 Å². The summed E-state index contributed by atoms with van der Waals surface area (Å²) in [5.41, 5.74) is 3.14. The van der Waals surface area contributed by atoms with E-state index in [1.807, 2.05) is 34.1 Å². The number of hydrogen-bond donors (Lipinski definition) is 2. The molecule has 12 heteroatoms. The second-order valence-electron chi connectivity index (χ2n) is 7.74. The van der Waals surface area contributed by atoms with Crippen molar-refractivity contribution in [2.45, 2.75) is 12.3 Å². The van der Waals surface area contributed by atoms with Crippen molar-refractivity contribution in [1.29, 1.82) is 0 Å². The number of nitro benzene ring substituents is 2. The van der Waals surface area contributed by atoms with E-state index in [4.69, 9.17) is 24.4 Å². The third-order valence-corrected chi connectivity index (χ3v) is 6.34. The van der Waals surface area contributed by atoms with Gasteiger partial charge in [-0.25, -0.2) is 0 Å². The molecule has 2 bridgehead atoms. The van der Waals surface area contributed by atoms with Crippen LogP contribution in [0.3, 0.4) is 0 Å². The molecule has 3 aromatic rings. The molecule has 34 heavy (non-hydrogen) atoms. The molecule has 2 N–H and O–H groups in total. The van der Waals surface area contributed by atoms with Crippen LogP contribution in [0.1, 0.15) is 11.1 Å². The molecule has 3 aromatic carbocycles. The highest BCUT2D eigenvalue weighted by Gasteiger charge is 2.52. The van der Waals surface area contributed by atoms with Gasteiger partial charge >= 0.3 is 0 Å². The highest BCUT2D eigenvalue weighted by Crippen LogP contribution is 2.38. The summed E-state index contributed by atoms with van der Waals surface area (Å²) in [6.45, 7) is 0.454. The number of thiocarbonyl (C=S) groups is 2. The second kappa shape index (κ2) is 8.01.